The summed E-state index contributed by atoms with van der Waals surface area (Å²) in [6, 6.07) is 0.0195. The molecule has 0 aromatic heterocycles. The molecule has 0 saturated carbocycles. The lowest BCUT2D eigenvalue weighted by molar-refractivity contribution is -0.125. The van der Waals surface area contributed by atoms with Crippen molar-refractivity contribution < 1.29 is 4.79 Å². The fourth-order valence-electron chi connectivity index (χ4n) is 2.45. The molecule has 2 saturated heterocycles. The molecule has 0 radical (unpaired) electrons. The van der Waals surface area contributed by atoms with Crippen LogP contribution in [0.5, 0.6) is 0 Å². The van der Waals surface area contributed by atoms with Gasteiger partial charge in [0.15, 0.2) is 0 Å². The molecule has 0 unspecified atom stereocenters. The molecule has 1 amide bonds. The summed E-state index contributed by atoms with van der Waals surface area (Å²) in [5.41, 5.74) is -0.127. The van der Waals surface area contributed by atoms with Crippen molar-refractivity contribution >= 4 is 17.7 Å². The molecule has 2 heterocycles. The normalized spacial score (nSPS) is 34.6. The Morgan fingerprint density at radius 1 is 1.44 bits per heavy atom. The first-order valence-corrected chi connectivity index (χ1v) is 7.17. The number of carbonyl (C=O) groups is 1. The van der Waals surface area contributed by atoms with Crippen LogP contribution in [-0.2, 0) is 4.79 Å². The average Bonchev–Trinajstić information content (AvgIpc) is 2.61. The molecule has 2 aliphatic rings. The number of thioether (sulfide) groups is 1. The van der Waals surface area contributed by atoms with Gasteiger partial charge in [-0.3, -0.25) is 4.79 Å². The Morgan fingerprint density at radius 2 is 2.19 bits per heavy atom. The van der Waals surface area contributed by atoms with Crippen molar-refractivity contribution in [2.24, 2.45) is 5.92 Å². The van der Waals surface area contributed by atoms with Crippen LogP contribution in [0.4, 0.5) is 0 Å². The second-order valence-corrected chi connectivity index (χ2v) is 7.24. The van der Waals surface area contributed by atoms with Gasteiger partial charge in [0.25, 0.3) is 0 Å². The fraction of sp³-hybridized carbons (Fsp3) is 0.917. The highest BCUT2D eigenvalue weighted by molar-refractivity contribution is 8.00. The Labute approximate surface area is 102 Å². The summed E-state index contributed by atoms with van der Waals surface area (Å²) in [6.45, 7) is 7.10. The van der Waals surface area contributed by atoms with Crippen molar-refractivity contribution in [1.29, 1.82) is 0 Å². The van der Waals surface area contributed by atoms with Crippen molar-refractivity contribution in [2.75, 3.05) is 12.3 Å². The molecule has 2 N–H and O–H groups in total. The zero-order chi connectivity index (χ0) is 11.8. The minimum atomic E-state index is -0.127. The molecular formula is C12H22N2OS. The highest BCUT2D eigenvalue weighted by Crippen LogP contribution is 2.37. The minimum absolute atomic E-state index is 0.0195. The van der Waals surface area contributed by atoms with Gasteiger partial charge in [0.1, 0.15) is 0 Å². The van der Waals surface area contributed by atoms with Crippen molar-refractivity contribution in [3.05, 3.63) is 0 Å². The molecule has 16 heavy (non-hydrogen) atoms. The van der Waals surface area contributed by atoms with E-state index in [1.165, 1.54) is 12.2 Å². The molecule has 0 bridgehead atoms. The van der Waals surface area contributed by atoms with E-state index in [9.17, 15) is 4.79 Å². The number of hydrogen-bond donors (Lipinski definition) is 2. The monoisotopic (exact) mass is 242 g/mol. The summed E-state index contributed by atoms with van der Waals surface area (Å²) < 4.78 is 0. The van der Waals surface area contributed by atoms with E-state index in [1.807, 2.05) is 32.5 Å². The second-order valence-electron chi connectivity index (χ2n) is 5.89. The van der Waals surface area contributed by atoms with Crippen molar-refractivity contribution in [2.45, 2.75) is 50.4 Å². The van der Waals surface area contributed by atoms with Crippen LogP contribution in [0.25, 0.3) is 0 Å². The van der Waals surface area contributed by atoms with E-state index in [4.69, 9.17) is 0 Å². The van der Waals surface area contributed by atoms with Gasteiger partial charge in [-0.1, -0.05) is 0 Å². The van der Waals surface area contributed by atoms with Gasteiger partial charge in [0.2, 0.25) is 5.91 Å². The van der Waals surface area contributed by atoms with E-state index >= 15 is 0 Å². The van der Waals surface area contributed by atoms with Crippen molar-refractivity contribution in [3.63, 3.8) is 0 Å². The topological polar surface area (TPSA) is 41.1 Å². The summed E-state index contributed by atoms with van der Waals surface area (Å²) in [5, 5.41) is 7.15. The number of piperidine rings is 1. The van der Waals surface area contributed by atoms with Gasteiger partial charge in [-0.2, -0.15) is 11.8 Å². The summed E-state index contributed by atoms with van der Waals surface area (Å²) in [4.78, 5) is 12.0. The van der Waals surface area contributed by atoms with Crippen LogP contribution in [0.1, 0.15) is 33.6 Å². The van der Waals surface area contributed by atoms with E-state index in [-0.39, 0.29) is 17.5 Å². The van der Waals surface area contributed by atoms with E-state index < -0.39 is 0 Å². The Hall–Kier alpha value is -0.220. The van der Waals surface area contributed by atoms with Crippen molar-refractivity contribution in [1.82, 2.24) is 10.6 Å². The quantitative estimate of drug-likeness (QED) is 0.730. The molecule has 0 aliphatic carbocycles. The number of fused-ring (bicyclic) bond motifs is 1. The van der Waals surface area contributed by atoms with Crippen LogP contribution in [0.2, 0.25) is 0 Å². The third kappa shape index (κ3) is 2.92. The van der Waals surface area contributed by atoms with E-state index in [1.54, 1.807) is 0 Å². The number of nitrogens with one attached hydrogen (secondary N) is 2. The average molecular weight is 242 g/mol. The largest absolute Gasteiger partial charge is 0.350 e. The van der Waals surface area contributed by atoms with Crippen LogP contribution in [0, 0.1) is 5.92 Å². The molecule has 2 rings (SSSR count). The lowest BCUT2D eigenvalue weighted by atomic mass is 9.92. The van der Waals surface area contributed by atoms with Gasteiger partial charge in [0, 0.05) is 10.8 Å². The number of rotatable bonds is 1. The van der Waals surface area contributed by atoms with Gasteiger partial charge in [-0.15, -0.1) is 0 Å². The van der Waals surface area contributed by atoms with Gasteiger partial charge < -0.3 is 10.6 Å². The maximum atomic E-state index is 12.0. The Bertz CT molecular complexity index is 275. The zero-order valence-electron chi connectivity index (χ0n) is 10.4. The summed E-state index contributed by atoms with van der Waals surface area (Å²) in [7, 11) is 0. The molecule has 2 aliphatic heterocycles. The van der Waals surface area contributed by atoms with Crippen LogP contribution in [0.15, 0.2) is 0 Å². The molecule has 0 aromatic rings. The fourth-order valence-corrected chi connectivity index (χ4v) is 4.03. The molecule has 0 aromatic carbocycles. The van der Waals surface area contributed by atoms with Gasteiger partial charge in [-0.05, 0) is 51.8 Å². The predicted octanol–water partition coefficient (Wildman–Crippen LogP) is 1.38. The van der Waals surface area contributed by atoms with Crippen molar-refractivity contribution in [3.8, 4) is 0 Å². The zero-order valence-corrected chi connectivity index (χ0v) is 11.2. The van der Waals surface area contributed by atoms with E-state index in [0.29, 0.717) is 5.25 Å². The number of carbonyl (C=O) groups excluding carboxylic acids is 1. The van der Waals surface area contributed by atoms with Crippen LogP contribution < -0.4 is 10.6 Å². The third-order valence-corrected chi connectivity index (χ3v) is 4.73. The molecular weight excluding hydrogens is 220 g/mol. The third-order valence-electron chi connectivity index (χ3n) is 3.26. The van der Waals surface area contributed by atoms with Gasteiger partial charge >= 0.3 is 0 Å². The summed E-state index contributed by atoms with van der Waals surface area (Å²) >= 11 is 2.05. The first-order valence-electron chi connectivity index (χ1n) is 6.13. The molecule has 3 atom stereocenters. The van der Waals surface area contributed by atoms with Crippen LogP contribution in [0.3, 0.4) is 0 Å². The maximum Gasteiger partial charge on any atom is 0.237 e. The molecule has 0 spiro atoms. The first kappa shape index (κ1) is 12.2. The Balaban J connectivity index is 1.89. The lowest BCUT2D eigenvalue weighted by Gasteiger charge is -2.33. The van der Waals surface area contributed by atoms with E-state index in [2.05, 4.69) is 10.6 Å². The molecule has 4 heteroatoms. The smallest absolute Gasteiger partial charge is 0.237 e. The minimum Gasteiger partial charge on any atom is -0.350 e. The maximum absolute atomic E-state index is 12.0. The van der Waals surface area contributed by atoms with Crippen LogP contribution in [-0.4, -0.2) is 35.0 Å². The molecule has 3 nitrogen and oxygen atoms in total. The Morgan fingerprint density at radius 3 is 2.88 bits per heavy atom. The Kier molecular flexibility index (Phi) is 3.50. The standard InChI is InChI=1S/C12H22N2OS/c1-12(2,3)14-11(15)9-6-10-8(7-13-9)4-5-16-10/h8-10,13H,4-7H2,1-3H3,(H,14,15)/t8-,9+,10+/m1/s1. The number of amides is 1. The SMILES string of the molecule is CC(C)(C)NC(=O)[C@@H]1C[C@@H]2SCC[C@@H]2CN1. The van der Waals surface area contributed by atoms with Gasteiger partial charge in [0.05, 0.1) is 6.04 Å². The highest BCUT2D eigenvalue weighted by atomic mass is 32.2. The summed E-state index contributed by atoms with van der Waals surface area (Å²) in [6.07, 6.45) is 2.31. The summed E-state index contributed by atoms with van der Waals surface area (Å²) in [5.74, 6) is 2.23. The first-order chi connectivity index (χ1) is 7.46. The van der Waals surface area contributed by atoms with Crippen LogP contribution >= 0.6 is 11.8 Å². The molecule has 92 valence electrons. The predicted molar refractivity (Wildman–Crippen MR) is 68.7 cm³/mol. The van der Waals surface area contributed by atoms with Gasteiger partial charge in [-0.25, -0.2) is 0 Å². The highest BCUT2D eigenvalue weighted by Gasteiger charge is 2.37. The lowest BCUT2D eigenvalue weighted by Crippen LogP contribution is -2.55. The number of hydrogen-bond acceptors (Lipinski definition) is 3. The molecule has 2 fully saturated rings. The van der Waals surface area contributed by atoms with E-state index in [0.717, 1.165) is 18.9 Å². The second kappa shape index (κ2) is 4.57.